The van der Waals surface area contributed by atoms with Gasteiger partial charge >= 0.3 is 11.8 Å². The van der Waals surface area contributed by atoms with E-state index in [-0.39, 0.29) is 12.5 Å². The molecule has 30 heavy (non-hydrogen) atoms. The molecule has 9 heteroatoms. The van der Waals surface area contributed by atoms with E-state index in [9.17, 15) is 14.4 Å². The van der Waals surface area contributed by atoms with E-state index in [0.717, 1.165) is 21.3 Å². The summed E-state index contributed by atoms with van der Waals surface area (Å²) in [5.41, 5.74) is 5.38. The van der Waals surface area contributed by atoms with Crippen LogP contribution in [0.4, 0.5) is 5.69 Å². The van der Waals surface area contributed by atoms with Crippen molar-refractivity contribution in [1.82, 2.24) is 10.7 Å². The van der Waals surface area contributed by atoms with Crippen LogP contribution in [-0.2, 0) is 14.4 Å². The standard InChI is InChI=1S/C21H23BrN4O4/c1-4-23-20(28)21(29)26-24-11-15-10-16(22)7-8-18(15)30-12-19(27)25-17-9-13(2)5-6-14(17)3/h5-11H,4,12H2,1-3H3,(H,23,28)(H,25,27)(H,26,29)/b24-11-. The van der Waals surface area contributed by atoms with Crippen LogP contribution in [0.15, 0.2) is 46.0 Å². The second-order valence-electron chi connectivity index (χ2n) is 6.40. The maximum Gasteiger partial charge on any atom is 0.329 e. The van der Waals surface area contributed by atoms with Gasteiger partial charge in [0.15, 0.2) is 6.61 Å². The van der Waals surface area contributed by atoms with E-state index >= 15 is 0 Å². The first-order valence-corrected chi connectivity index (χ1v) is 10.00. The van der Waals surface area contributed by atoms with Crippen molar-refractivity contribution in [2.75, 3.05) is 18.5 Å². The van der Waals surface area contributed by atoms with Crippen LogP contribution in [0.2, 0.25) is 0 Å². The molecule has 0 bridgehead atoms. The van der Waals surface area contributed by atoms with Crippen LogP contribution >= 0.6 is 15.9 Å². The van der Waals surface area contributed by atoms with Gasteiger partial charge in [-0.15, -0.1) is 0 Å². The lowest BCUT2D eigenvalue weighted by atomic mass is 10.1. The number of nitrogens with one attached hydrogen (secondary N) is 3. The zero-order valence-electron chi connectivity index (χ0n) is 16.9. The van der Waals surface area contributed by atoms with Gasteiger partial charge in [-0.25, -0.2) is 5.43 Å². The first-order chi connectivity index (χ1) is 14.3. The molecule has 3 N–H and O–H groups in total. The number of ether oxygens (including phenoxy) is 1. The van der Waals surface area contributed by atoms with E-state index in [2.05, 4.69) is 37.1 Å². The van der Waals surface area contributed by atoms with E-state index in [0.29, 0.717) is 17.9 Å². The van der Waals surface area contributed by atoms with Gasteiger partial charge in [0.1, 0.15) is 5.75 Å². The lowest BCUT2D eigenvalue weighted by molar-refractivity contribution is -0.139. The molecule has 0 atom stereocenters. The number of amides is 3. The summed E-state index contributed by atoms with van der Waals surface area (Å²) in [6.07, 6.45) is 1.33. The lowest BCUT2D eigenvalue weighted by Gasteiger charge is -2.12. The van der Waals surface area contributed by atoms with E-state index in [1.54, 1.807) is 25.1 Å². The quantitative estimate of drug-likeness (QED) is 0.325. The van der Waals surface area contributed by atoms with Gasteiger partial charge in [0.05, 0.1) is 6.21 Å². The molecule has 0 fully saturated rings. The predicted octanol–water partition coefficient (Wildman–Crippen LogP) is 2.67. The Morgan fingerprint density at radius 2 is 1.87 bits per heavy atom. The number of carbonyl (C=O) groups excluding carboxylic acids is 3. The van der Waals surface area contributed by atoms with Gasteiger partial charge in [-0.1, -0.05) is 28.1 Å². The minimum absolute atomic E-state index is 0.207. The first-order valence-electron chi connectivity index (χ1n) is 9.20. The summed E-state index contributed by atoms with van der Waals surface area (Å²) in [5.74, 6) is -1.56. The Labute approximate surface area is 183 Å². The molecule has 0 aliphatic carbocycles. The minimum atomic E-state index is -0.876. The molecule has 2 aromatic rings. The van der Waals surface area contributed by atoms with Gasteiger partial charge in [0.2, 0.25) is 0 Å². The number of rotatable bonds is 7. The number of likely N-dealkylation sites (N-methyl/N-ethyl adjacent to an activating group) is 1. The van der Waals surface area contributed by atoms with Crippen molar-refractivity contribution < 1.29 is 19.1 Å². The van der Waals surface area contributed by atoms with Crippen LogP contribution in [0.3, 0.4) is 0 Å². The van der Waals surface area contributed by atoms with Crippen molar-refractivity contribution in [2.24, 2.45) is 5.10 Å². The van der Waals surface area contributed by atoms with Gasteiger partial charge < -0.3 is 15.4 Å². The second-order valence-corrected chi connectivity index (χ2v) is 7.31. The number of hydrazone groups is 1. The normalized spacial score (nSPS) is 10.5. The maximum atomic E-state index is 12.3. The van der Waals surface area contributed by atoms with Gasteiger partial charge in [-0.05, 0) is 56.2 Å². The topological polar surface area (TPSA) is 109 Å². The average Bonchev–Trinajstić information content (AvgIpc) is 2.70. The maximum absolute atomic E-state index is 12.3. The number of aryl methyl sites for hydroxylation is 2. The fourth-order valence-corrected chi connectivity index (χ4v) is 2.78. The van der Waals surface area contributed by atoms with E-state index in [1.807, 2.05) is 32.0 Å². The van der Waals surface area contributed by atoms with E-state index < -0.39 is 11.8 Å². The monoisotopic (exact) mass is 474 g/mol. The highest BCUT2D eigenvalue weighted by Gasteiger charge is 2.11. The smallest absolute Gasteiger partial charge is 0.329 e. The summed E-state index contributed by atoms with van der Waals surface area (Å²) in [6.45, 7) is 5.69. The van der Waals surface area contributed by atoms with Gasteiger partial charge in [0, 0.05) is 22.3 Å². The van der Waals surface area contributed by atoms with Gasteiger partial charge in [-0.3, -0.25) is 14.4 Å². The molecule has 0 saturated carbocycles. The van der Waals surface area contributed by atoms with Crippen molar-refractivity contribution in [3.8, 4) is 5.75 Å². The van der Waals surface area contributed by atoms with Crippen LogP contribution in [-0.4, -0.2) is 37.1 Å². The average molecular weight is 475 g/mol. The molecule has 0 heterocycles. The molecule has 0 aliphatic heterocycles. The Hall–Kier alpha value is -3.20. The van der Waals surface area contributed by atoms with Crippen molar-refractivity contribution >= 4 is 45.6 Å². The number of anilines is 1. The highest BCUT2D eigenvalue weighted by atomic mass is 79.9. The molecular weight excluding hydrogens is 452 g/mol. The highest BCUT2D eigenvalue weighted by molar-refractivity contribution is 9.10. The van der Waals surface area contributed by atoms with E-state index in [1.165, 1.54) is 6.21 Å². The highest BCUT2D eigenvalue weighted by Crippen LogP contribution is 2.22. The molecule has 0 saturated heterocycles. The summed E-state index contributed by atoms with van der Waals surface area (Å²) in [4.78, 5) is 35.3. The summed E-state index contributed by atoms with van der Waals surface area (Å²) in [7, 11) is 0. The molecule has 2 aromatic carbocycles. The van der Waals surface area contributed by atoms with Crippen LogP contribution in [0.25, 0.3) is 0 Å². The zero-order chi connectivity index (χ0) is 22.1. The molecule has 0 spiro atoms. The van der Waals surface area contributed by atoms with E-state index in [4.69, 9.17) is 4.74 Å². The summed E-state index contributed by atoms with van der Waals surface area (Å²) in [6, 6.07) is 10.9. The molecule has 0 aromatic heterocycles. The molecule has 0 radical (unpaired) electrons. The molecule has 8 nitrogen and oxygen atoms in total. The van der Waals surface area contributed by atoms with Crippen LogP contribution in [0, 0.1) is 13.8 Å². The number of benzene rings is 2. The second kappa shape index (κ2) is 11.1. The Kier molecular flexibility index (Phi) is 8.54. The summed E-state index contributed by atoms with van der Waals surface area (Å²) >= 11 is 3.35. The molecule has 0 unspecified atom stereocenters. The third-order valence-corrected chi connectivity index (χ3v) is 4.40. The van der Waals surface area contributed by atoms with Crippen LogP contribution in [0.1, 0.15) is 23.6 Å². The number of hydrogen-bond acceptors (Lipinski definition) is 5. The SMILES string of the molecule is CCNC(=O)C(=O)N/N=C\c1cc(Br)ccc1OCC(=O)Nc1cc(C)ccc1C. The first kappa shape index (κ1) is 23.1. The minimum Gasteiger partial charge on any atom is -0.483 e. The third-order valence-electron chi connectivity index (χ3n) is 3.91. The number of halogens is 1. The van der Waals surface area contributed by atoms with Crippen molar-refractivity contribution in [1.29, 1.82) is 0 Å². The summed E-state index contributed by atoms with van der Waals surface area (Å²) < 4.78 is 6.38. The molecule has 2 rings (SSSR count). The molecular formula is C21H23BrN4O4. The van der Waals surface area contributed by atoms with Gasteiger partial charge in [0.25, 0.3) is 5.91 Å². The number of nitrogens with zero attached hydrogens (tertiary/aromatic N) is 1. The molecule has 158 valence electrons. The Morgan fingerprint density at radius 1 is 1.10 bits per heavy atom. The predicted molar refractivity (Wildman–Crippen MR) is 119 cm³/mol. The molecule has 3 amide bonds. The lowest BCUT2D eigenvalue weighted by Crippen LogP contribution is -2.37. The largest absolute Gasteiger partial charge is 0.483 e. The van der Waals surface area contributed by atoms with Crippen molar-refractivity contribution in [3.63, 3.8) is 0 Å². The Balaban J connectivity index is 2.01. The van der Waals surface area contributed by atoms with Crippen LogP contribution in [0.5, 0.6) is 5.75 Å². The van der Waals surface area contributed by atoms with Gasteiger partial charge in [-0.2, -0.15) is 5.10 Å². The fourth-order valence-electron chi connectivity index (χ4n) is 2.40. The number of hydrogen-bond donors (Lipinski definition) is 3. The fraction of sp³-hybridized carbons (Fsp3) is 0.238. The van der Waals surface area contributed by atoms with Crippen molar-refractivity contribution in [2.45, 2.75) is 20.8 Å². The third kappa shape index (κ3) is 7.00. The zero-order valence-corrected chi connectivity index (χ0v) is 18.5. The van der Waals surface area contributed by atoms with Crippen LogP contribution < -0.4 is 20.8 Å². The summed E-state index contributed by atoms with van der Waals surface area (Å²) in [5, 5.41) is 8.98. The molecule has 0 aliphatic rings. The Bertz CT molecular complexity index is 975. The van der Waals surface area contributed by atoms with Crippen molar-refractivity contribution in [3.05, 3.63) is 57.6 Å². The Morgan fingerprint density at radius 3 is 2.60 bits per heavy atom. The number of carbonyl (C=O) groups is 3.